The third-order valence-electron chi connectivity index (χ3n) is 2.50. The van der Waals surface area contributed by atoms with E-state index in [-0.39, 0.29) is 11.5 Å². The first kappa shape index (κ1) is 15.5. The number of hydrogen-bond acceptors (Lipinski definition) is 5. The first-order valence-electron chi connectivity index (χ1n) is 5.73. The zero-order valence-corrected chi connectivity index (χ0v) is 13.3. The molecule has 0 spiro atoms. The number of imide groups is 1. The molecule has 0 bridgehead atoms. The largest absolute Gasteiger partial charge is 0.493 e. The molecule has 108 valence electrons. The van der Waals surface area contributed by atoms with E-state index in [1.54, 1.807) is 18.2 Å². The molecule has 1 aliphatic heterocycles. The molecule has 1 fully saturated rings. The highest BCUT2D eigenvalue weighted by molar-refractivity contribution is 9.10. The highest BCUT2D eigenvalue weighted by atomic mass is 79.9. The maximum absolute atomic E-state index is 11.6. The minimum Gasteiger partial charge on any atom is -0.493 e. The van der Waals surface area contributed by atoms with Crippen LogP contribution < -0.4 is 14.8 Å². The van der Waals surface area contributed by atoms with Crippen LogP contribution in [0.5, 0.6) is 11.5 Å². The number of nitrogens with one attached hydrogen (secondary N) is 1. The summed E-state index contributed by atoms with van der Waals surface area (Å²) >= 11 is 4.18. The van der Waals surface area contributed by atoms with E-state index in [1.165, 1.54) is 7.11 Å². The first-order valence-corrected chi connectivity index (χ1v) is 7.34. The highest BCUT2D eigenvalue weighted by Gasteiger charge is 2.26. The number of halogens is 1. The number of methoxy groups -OCH3 is 1. The van der Waals surface area contributed by atoms with Gasteiger partial charge in [0, 0.05) is 10.0 Å². The van der Waals surface area contributed by atoms with E-state index in [4.69, 9.17) is 15.9 Å². The number of amides is 2. The van der Waals surface area contributed by atoms with Gasteiger partial charge >= 0.3 is 0 Å². The molecule has 1 aromatic rings. The summed E-state index contributed by atoms with van der Waals surface area (Å²) in [4.78, 5) is 23.1. The number of rotatable bonds is 4. The van der Waals surface area contributed by atoms with E-state index in [2.05, 4.69) is 27.2 Å². The van der Waals surface area contributed by atoms with E-state index >= 15 is 0 Å². The fraction of sp³-hybridized carbons (Fsp3) is 0.143. The Balaban J connectivity index is 2.49. The van der Waals surface area contributed by atoms with Gasteiger partial charge in [0.15, 0.2) is 11.5 Å². The van der Waals surface area contributed by atoms with Crippen LogP contribution in [0.2, 0.25) is 0 Å². The summed E-state index contributed by atoms with van der Waals surface area (Å²) in [6, 6.07) is 3.47. The second kappa shape index (κ2) is 6.70. The van der Waals surface area contributed by atoms with Gasteiger partial charge < -0.3 is 9.47 Å². The van der Waals surface area contributed by atoms with Crippen LogP contribution >= 0.6 is 27.7 Å². The summed E-state index contributed by atoms with van der Waals surface area (Å²) in [5.41, 5.74) is 0.587. The van der Waals surface area contributed by atoms with Gasteiger partial charge in [-0.2, -0.15) is 0 Å². The van der Waals surface area contributed by atoms with E-state index in [9.17, 15) is 9.59 Å². The monoisotopic (exact) mass is 367 g/mol. The molecule has 7 heteroatoms. The Morgan fingerprint density at radius 2 is 2.24 bits per heavy atom. The predicted molar refractivity (Wildman–Crippen MR) is 84.1 cm³/mol. The third-order valence-corrected chi connectivity index (χ3v) is 3.77. The van der Waals surface area contributed by atoms with Gasteiger partial charge in [0.05, 0.1) is 12.0 Å². The van der Waals surface area contributed by atoms with Crippen LogP contribution in [0.25, 0.3) is 6.08 Å². The molecule has 0 aromatic heterocycles. The fourth-order valence-corrected chi connectivity index (χ4v) is 2.81. The number of terminal acetylenes is 1. The molecule has 0 atom stereocenters. The molecule has 0 radical (unpaired) electrons. The van der Waals surface area contributed by atoms with Crippen molar-refractivity contribution in [3.05, 3.63) is 27.1 Å². The van der Waals surface area contributed by atoms with Crippen LogP contribution in [0.3, 0.4) is 0 Å². The first-order chi connectivity index (χ1) is 10.0. The zero-order chi connectivity index (χ0) is 15.4. The topological polar surface area (TPSA) is 64.6 Å². The van der Waals surface area contributed by atoms with Crippen molar-refractivity contribution >= 4 is 44.9 Å². The van der Waals surface area contributed by atoms with Crippen molar-refractivity contribution in [1.82, 2.24) is 5.32 Å². The van der Waals surface area contributed by atoms with Crippen molar-refractivity contribution in [3.63, 3.8) is 0 Å². The molecule has 1 aromatic carbocycles. The number of thioether (sulfide) groups is 1. The van der Waals surface area contributed by atoms with E-state index in [1.807, 2.05) is 0 Å². The molecule has 21 heavy (non-hydrogen) atoms. The molecule has 2 amide bonds. The Bertz CT molecular complexity index is 678. The highest BCUT2D eigenvalue weighted by Crippen LogP contribution is 2.37. The molecular weight excluding hydrogens is 358 g/mol. The lowest BCUT2D eigenvalue weighted by Gasteiger charge is -2.12. The molecule has 1 N–H and O–H groups in total. The third kappa shape index (κ3) is 3.60. The maximum atomic E-state index is 11.6. The SMILES string of the molecule is C#CCOc1c(C=C2SC(=O)NC2=O)cc(Br)cc1OC. The van der Waals surface area contributed by atoms with E-state index in [0.29, 0.717) is 17.1 Å². The van der Waals surface area contributed by atoms with Crippen molar-refractivity contribution < 1.29 is 19.1 Å². The number of hydrogen-bond donors (Lipinski definition) is 1. The molecule has 2 rings (SSSR count). The minimum absolute atomic E-state index is 0.0619. The summed E-state index contributed by atoms with van der Waals surface area (Å²) in [5, 5.41) is 1.79. The van der Waals surface area contributed by atoms with Gasteiger partial charge in [0.2, 0.25) is 0 Å². The van der Waals surface area contributed by atoms with Crippen LogP contribution in [0, 0.1) is 12.3 Å². The Labute approximate surface area is 134 Å². The average molecular weight is 368 g/mol. The molecule has 0 unspecified atom stereocenters. The molecule has 1 saturated heterocycles. The zero-order valence-electron chi connectivity index (χ0n) is 10.9. The van der Waals surface area contributed by atoms with Gasteiger partial charge in [-0.15, -0.1) is 6.42 Å². The van der Waals surface area contributed by atoms with Crippen molar-refractivity contribution in [1.29, 1.82) is 0 Å². The second-order valence-corrected chi connectivity index (χ2v) is 5.80. The normalized spacial score (nSPS) is 15.8. The van der Waals surface area contributed by atoms with Crippen molar-refractivity contribution in [3.8, 4) is 23.8 Å². The number of carbonyl (C=O) groups excluding carboxylic acids is 2. The number of benzene rings is 1. The van der Waals surface area contributed by atoms with Crippen LogP contribution in [0.4, 0.5) is 4.79 Å². The van der Waals surface area contributed by atoms with Crippen molar-refractivity contribution in [2.45, 2.75) is 0 Å². The minimum atomic E-state index is -0.438. The molecule has 1 aliphatic rings. The van der Waals surface area contributed by atoms with Gasteiger partial charge in [0.25, 0.3) is 11.1 Å². The van der Waals surface area contributed by atoms with Crippen molar-refractivity contribution in [2.24, 2.45) is 0 Å². The lowest BCUT2D eigenvalue weighted by Crippen LogP contribution is -2.17. The van der Waals surface area contributed by atoms with E-state index < -0.39 is 11.1 Å². The smallest absolute Gasteiger partial charge is 0.290 e. The van der Waals surface area contributed by atoms with Gasteiger partial charge in [-0.25, -0.2) is 0 Å². The molecule has 0 saturated carbocycles. The van der Waals surface area contributed by atoms with Crippen LogP contribution in [0.15, 0.2) is 21.5 Å². The average Bonchev–Trinajstić information content (AvgIpc) is 2.75. The summed E-state index contributed by atoms with van der Waals surface area (Å²) in [6.07, 6.45) is 6.76. The Kier molecular flexibility index (Phi) is 4.94. The summed E-state index contributed by atoms with van der Waals surface area (Å²) < 4.78 is 11.5. The number of ether oxygens (including phenoxy) is 2. The quantitative estimate of drug-likeness (QED) is 0.654. The van der Waals surface area contributed by atoms with Gasteiger partial charge in [-0.05, 0) is 30.0 Å². The summed E-state index contributed by atoms with van der Waals surface area (Å²) in [5.74, 6) is 2.82. The standard InChI is InChI=1S/C14H10BrNO4S/c1-3-4-20-12-8(5-9(15)7-10(12)19-2)6-11-13(17)16-14(18)21-11/h1,5-7H,4H2,2H3,(H,16,17,18). The fourth-order valence-electron chi connectivity index (χ4n) is 1.68. The van der Waals surface area contributed by atoms with Crippen LogP contribution in [0.1, 0.15) is 5.56 Å². The van der Waals surface area contributed by atoms with Gasteiger partial charge in [-0.1, -0.05) is 21.9 Å². The van der Waals surface area contributed by atoms with Gasteiger partial charge in [-0.3, -0.25) is 14.9 Å². The summed E-state index contributed by atoms with van der Waals surface area (Å²) in [6.45, 7) is 0.0619. The molecule has 1 heterocycles. The maximum Gasteiger partial charge on any atom is 0.290 e. The van der Waals surface area contributed by atoms with E-state index in [0.717, 1.165) is 16.2 Å². The summed E-state index contributed by atoms with van der Waals surface area (Å²) in [7, 11) is 1.50. The lowest BCUT2D eigenvalue weighted by atomic mass is 10.1. The Hall–Kier alpha value is -1.91. The van der Waals surface area contributed by atoms with Gasteiger partial charge in [0.1, 0.15) is 6.61 Å². The number of carbonyl (C=O) groups is 2. The molecular formula is C14H10BrNO4S. The lowest BCUT2D eigenvalue weighted by molar-refractivity contribution is -0.115. The predicted octanol–water partition coefficient (Wildman–Crippen LogP) is 2.79. The van der Waals surface area contributed by atoms with Crippen molar-refractivity contribution in [2.75, 3.05) is 13.7 Å². The Morgan fingerprint density at radius 1 is 1.48 bits per heavy atom. The van der Waals surface area contributed by atoms with Crippen LogP contribution in [-0.2, 0) is 4.79 Å². The Morgan fingerprint density at radius 3 is 2.81 bits per heavy atom. The second-order valence-electron chi connectivity index (χ2n) is 3.87. The molecule has 5 nitrogen and oxygen atoms in total. The van der Waals surface area contributed by atoms with Crippen LogP contribution in [-0.4, -0.2) is 24.9 Å². The molecule has 0 aliphatic carbocycles.